The highest BCUT2D eigenvalue weighted by molar-refractivity contribution is 5.98. The van der Waals surface area contributed by atoms with Crippen molar-refractivity contribution in [1.82, 2.24) is 5.32 Å². The molecule has 0 saturated carbocycles. The van der Waals surface area contributed by atoms with Gasteiger partial charge in [-0.2, -0.15) is 0 Å². The van der Waals surface area contributed by atoms with Gasteiger partial charge in [0.1, 0.15) is 11.3 Å². The number of ether oxygens (including phenoxy) is 1. The van der Waals surface area contributed by atoms with Crippen LogP contribution in [0.2, 0.25) is 0 Å². The van der Waals surface area contributed by atoms with E-state index in [0.717, 1.165) is 45.4 Å². The van der Waals surface area contributed by atoms with E-state index in [4.69, 9.17) is 9.15 Å². The van der Waals surface area contributed by atoms with Crippen molar-refractivity contribution in [3.8, 4) is 5.75 Å². The van der Waals surface area contributed by atoms with E-state index in [9.17, 15) is 4.79 Å². The van der Waals surface area contributed by atoms with E-state index in [1.54, 1.807) is 12.3 Å². The Labute approximate surface area is 150 Å². The molecule has 1 aromatic carbocycles. The quantitative estimate of drug-likeness (QED) is 0.719. The van der Waals surface area contributed by atoms with Gasteiger partial charge in [0, 0.05) is 29.1 Å². The minimum absolute atomic E-state index is 0.0673. The van der Waals surface area contributed by atoms with Gasteiger partial charge in [-0.25, -0.2) is 0 Å². The Morgan fingerprint density at radius 3 is 2.72 bits per heavy atom. The molecular weight excluding hydrogens is 314 g/mol. The van der Waals surface area contributed by atoms with Crippen LogP contribution in [0, 0.1) is 19.8 Å². The van der Waals surface area contributed by atoms with Crippen molar-refractivity contribution in [1.29, 1.82) is 0 Å². The zero-order valence-corrected chi connectivity index (χ0v) is 16.2. The molecule has 2 rings (SSSR count). The van der Waals surface area contributed by atoms with Gasteiger partial charge in [0.05, 0.1) is 12.9 Å². The predicted octanol–water partition coefficient (Wildman–Crippen LogP) is 5.01. The fourth-order valence-corrected chi connectivity index (χ4v) is 2.87. The summed E-state index contributed by atoms with van der Waals surface area (Å²) in [5, 5.41) is 4.01. The number of fused-ring (bicyclic) bond motifs is 1. The largest absolute Gasteiger partial charge is 0.493 e. The van der Waals surface area contributed by atoms with Crippen molar-refractivity contribution in [2.45, 2.75) is 48.0 Å². The number of nitrogens with one attached hydrogen (secondary N) is 1. The molecule has 1 aromatic heterocycles. The van der Waals surface area contributed by atoms with Crippen molar-refractivity contribution < 1.29 is 13.9 Å². The summed E-state index contributed by atoms with van der Waals surface area (Å²) in [7, 11) is 0. The van der Waals surface area contributed by atoms with E-state index in [0.29, 0.717) is 19.1 Å². The summed E-state index contributed by atoms with van der Waals surface area (Å²) in [4.78, 5) is 12.2. The highest BCUT2D eigenvalue weighted by Gasteiger charge is 2.17. The molecule has 1 amide bonds. The van der Waals surface area contributed by atoms with E-state index in [1.807, 2.05) is 27.7 Å². The van der Waals surface area contributed by atoms with E-state index in [-0.39, 0.29) is 5.91 Å². The highest BCUT2D eigenvalue weighted by atomic mass is 16.5. The van der Waals surface area contributed by atoms with Crippen molar-refractivity contribution in [3.63, 3.8) is 0 Å². The molecule has 1 heterocycles. The standard InChI is InChI=1S/C21H29NO3/c1-7-24-20-16(6)21-18(15(5)12-25-21)11-17(20)14(4)10-19(23)22-9-8-13(2)3/h10-13H,7-9H2,1-6H3,(H,22,23)/b14-10+. The van der Waals surface area contributed by atoms with Crippen molar-refractivity contribution >= 4 is 22.4 Å². The molecule has 1 N–H and O–H groups in total. The van der Waals surface area contributed by atoms with Crippen LogP contribution in [-0.4, -0.2) is 19.1 Å². The lowest BCUT2D eigenvalue weighted by molar-refractivity contribution is -0.116. The van der Waals surface area contributed by atoms with Gasteiger partial charge in [-0.3, -0.25) is 4.79 Å². The fourth-order valence-electron chi connectivity index (χ4n) is 2.87. The number of carbonyl (C=O) groups excluding carboxylic acids is 1. The van der Waals surface area contributed by atoms with Gasteiger partial charge in [-0.05, 0) is 57.2 Å². The van der Waals surface area contributed by atoms with Crippen LogP contribution in [0.25, 0.3) is 16.5 Å². The molecule has 0 spiro atoms. The number of benzene rings is 1. The zero-order valence-electron chi connectivity index (χ0n) is 16.2. The maximum Gasteiger partial charge on any atom is 0.244 e. The summed E-state index contributed by atoms with van der Waals surface area (Å²) in [5.41, 5.74) is 4.72. The Hall–Kier alpha value is -2.23. The summed E-state index contributed by atoms with van der Waals surface area (Å²) in [6.07, 6.45) is 4.38. The Morgan fingerprint density at radius 2 is 2.08 bits per heavy atom. The first-order valence-electron chi connectivity index (χ1n) is 8.95. The molecule has 25 heavy (non-hydrogen) atoms. The van der Waals surface area contributed by atoms with Gasteiger partial charge in [0.15, 0.2) is 0 Å². The summed E-state index contributed by atoms with van der Waals surface area (Å²) in [5.74, 6) is 1.29. The van der Waals surface area contributed by atoms with Gasteiger partial charge in [-0.1, -0.05) is 13.8 Å². The molecule has 0 atom stereocenters. The smallest absolute Gasteiger partial charge is 0.244 e. The van der Waals surface area contributed by atoms with E-state index < -0.39 is 0 Å². The minimum Gasteiger partial charge on any atom is -0.493 e. The first-order chi connectivity index (χ1) is 11.8. The van der Waals surface area contributed by atoms with Crippen molar-refractivity contribution in [3.05, 3.63) is 35.1 Å². The summed E-state index contributed by atoms with van der Waals surface area (Å²) in [6, 6.07) is 2.05. The van der Waals surface area contributed by atoms with Crippen LogP contribution >= 0.6 is 0 Å². The van der Waals surface area contributed by atoms with Gasteiger partial charge in [0.2, 0.25) is 5.91 Å². The number of hydrogen-bond acceptors (Lipinski definition) is 3. The van der Waals surface area contributed by atoms with Crippen LogP contribution in [0.1, 0.15) is 50.8 Å². The number of furan rings is 1. The molecular formula is C21H29NO3. The molecule has 2 aromatic rings. The van der Waals surface area contributed by atoms with Crippen LogP contribution in [0.15, 0.2) is 22.8 Å². The monoisotopic (exact) mass is 343 g/mol. The minimum atomic E-state index is -0.0673. The Kier molecular flexibility index (Phi) is 6.29. The second-order valence-corrected chi connectivity index (χ2v) is 6.91. The van der Waals surface area contributed by atoms with Gasteiger partial charge in [0.25, 0.3) is 0 Å². The average molecular weight is 343 g/mol. The summed E-state index contributed by atoms with van der Waals surface area (Å²) >= 11 is 0. The number of aryl methyl sites for hydroxylation is 2. The van der Waals surface area contributed by atoms with Crippen LogP contribution in [0.4, 0.5) is 0 Å². The van der Waals surface area contributed by atoms with Gasteiger partial charge >= 0.3 is 0 Å². The number of carbonyl (C=O) groups is 1. The Balaban J connectivity index is 2.37. The molecule has 0 aliphatic rings. The molecule has 0 aliphatic heterocycles. The van der Waals surface area contributed by atoms with E-state index in [2.05, 4.69) is 25.2 Å². The first-order valence-corrected chi connectivity index (χ1v) is 8.95. The van der Waals surface area contributed by atoms with Crippen molar-refractivity contribution in [2.75, 3.05) is 13.2 Å². The lowest BCUT2D eigenvalue weighted by atomic mass is 9.98. The second-order valence-electron chi connectivity index (χ2n) is 6.91. The number of hydrogen-bond donors (Lipinski definition) is 1. The summed E-state index contributed by atoms with van der Waals surface area (Å²) < 4.78 is 11.5. The highest BCUT2D eigenvalue weighted by Crippen LogP contribution is 2.37. The van der Waals surface area contributed by atoms with Gasteiger partial charge < -0.3 is 14.5 Å². The van der Waals surface area contributed by atoms with Crippen LogP contribution < -0.4 is 10.1 Å². The van der Waals surface area contributed by atoms with Crippen LogP contribution in [-0.2, 0) is 4.79 Å². The Bertz CT molecular complexity index is 784. The van der Waals surface area contributed by atoms with E-state index in [1.165, 1.54) is 0 Å². The molecule has 0 bridgehead atoms. The lowest BCUT2D eigenvalue weighted by Crippen LogP contribution is -2.23. The third-order valence-corrected chi connectivity index (χ3v) is 4.32. The van der Waals surface area contributed by atoms with Crippen LogP contribution in [0.5, 0.6) is 5.75 Å². The zero-order chi connectivity index (χ0) is 18.6. The SMILES string of the molecule is CCOc1c(/C(C)=C/C(=O)NCCC(C)C)cc2c(C)coc2c1C. The molecule has 0 fully saturated rings. The first kappa shape index (κ1) is 19.1. The normalized spacial score (nSPS) is 12.0. The topological polar surface area (TPSA) is 51.5 Å². The third kappa shape index (κ3) is 4.44. The third-order valence-electron chi connectivity index (χ3n) is 4.32. The predicted molar refractivity (Wildman–Crippen MR) is 103 cm³/mol. The Morgan fingerprint density at radius 1 is 1.36 bits per heavy atom. The fraction of sp³-hybridized carbons (Fsp3) is 0.476. The molecule has 0 aliphatic carbocycles. The number of amides is 1. The summed E-state index contributed by atoms with van der Waals surface area (Å²) in [6.45, 7) is 13.5. The van der Waals surface area contributed by atoms with Gasteiger partial charge in [-0.15, -0.1) is 0 Å². The maximum atomic E-state index is 12.2. The maximum absolute atomic E-state index is 12.2. The molecule has 136 valence electrons. The second kappa shape index (κ2) is 8.24. The molecule has 0 unspecified atom stereocenters. The van der Waals surface area contributed by atoms with Crippen molar-refractivity contribution in [2.24, 2.45) is 5.92 Å². The number of allylic oxidation sites excluding steroid dienone is 1. The molecule has 4 heteroatoms. The average Bonchev–Trinajstić information content (AvgIpc) is 2.91. The lowest BCUT2D eigenvalue weighted by Gasteiger charge is -2.14. The molecule has 0 radical (unpaired) electrons. The number of rotatable bonds is 7. The molecule has 4 nitrogen and oxygen atoms in total. The van der Waals surface area contributed by atoms with E-state index >= 15 is 0 Å². The molecule has 0 saturated heterocycles. The van der Waals surface area contributed by atoms with Crippen LogP contribution in [0.3, 0.4) is 0 Å².